The minimum absolute atomic E-state index is 0.0491. The maximum atomic E-state index is 12.1. The number of rotatable bonds is 8. The van der Waals surface area contributed by atoms with Gasteiger partial charge in [-0.05, 0) is 56.5 Å². The average Bonchev–Trinajstić information content (AvgIpc) is 3.08. The number of carbonyl (C=O) groups excluding carboxylic acids is 1. The van der Waals surface area contributed by atoms with E-state index in [-0.39, 0.29) is 12.5 Å². The van der Waals surface area contributed by atoms with E-state index in [0.29, 0.717) is 17.5 Å². The fraction of sp³-hybridized carbons (Fsp3) is 0.500. The van der Waals surface area contributed by atoms with Crippen molar-refractivity contribution < 1.29 is 14.3 Å². The molecule has 3 rings (SSSR count). The monoisotopic (exact) mass is 389 g/mol. The molecule has 0 spiro atoms. The predicted octanol–water partition coefficient (Wildman–Crippen LogP) is 3.79. The van der Waals surface area contributed by atoms with E-state index < -0.39 is 0 Å². The van der Waals surface area contributed by atoms with Gasteiger partial charge in [-0.15, -0.1) is 11.3 Å². The summed E-state index contributed by atoms with van der Waals surface area (Å²) < 4.78 is 10.9. The summed E-state index contributed by atoms with van der Waals surface area (Å²) in [6.45, 7) is 7.89. The summed E-state index contributed by atoms with van der Waals surface area (Å²) in [5.74, 6) is 1.95. The molecule has 1 N–H and O–H groups in total. The van der Waals surface area contributed by atoms with Crippen LogP contribution in [0.1, 0.15) is 32.4 Å². The van der Waals surface area contributed by atoms with Crippen LogP contribution in [0.15, 0.2) is 29.6 Å². The van der Waals surface area contributed by atoms with Gasteiger partial charge in [-0.1, -0.05) is 6.92 Å². The summed E-state index contributed by atoms with van der Waals surface area (Å²) in [5.41, 5.74) is 1.01. The number of ether oxygens (including phenoxy) is 2. The van der Waals surface area contributed by atoms with E-state index in [1.54, 1.807) is 12.1 Å². The Balaban J connectivity index is 1.43. The fourth-order valence-electron chi connectivity index (χ4n) is 3.20. The molecule has 7 heteroatoms. The van der Waals surface area contributed by atoms with E-state index in [9.17, 15) is 4.79 Å². The molecule has 0 aliphatic carbocycles. The Hall–Kier alpha value is -2.12. The van der Waals surface area contributed by atoms with E-state index in [4.69, 9.17) is 9.47 Å². The Kier molecular flexibility index (Phi) is 7.06. The molecule has 0 saturated carbocycles. The number of amides is 1. The molecule has 2 aromatic rings. The summed E-state index contributed by atoms with van der Waals surface area (Å²) in [7, 11) is 0. The van der Waals surface area contributed by atoms with Gasteiger partial charge in [0.1, 0.15) is 11.5 Å². The van der Waals surface area contributed by atoms with Crippen LogP contribution in [0.25, 0.3) is 0 Å². The lowest BCUT2D eigenvalue weighted by Crippen LogP contribution is -2.33. The summed E-state index contributed by atoms with van der Waals surface area (Å²) in [5, 5.41) is 5.45. The molecular formula is C20H27N3O3S. The van der Waals surface area contributed by atoms with Crippen molar-refractivity contribution in [3.8, 4) is 11.5 Å². The van der Waals surface area contributed by atoms with Gasteiger partial charge in [0.25, 0.3) is 5.91 Å². The van der Waals surface area contributed by atoms with Crippen molar-refractivity contribution in [2.75, 3.05) is 31.6 Å². The van der Waals surface area contributed by atoms with E-state index in [1.165, 1.54) is 24.2 Å². The van der Waals surface area contributed by atoms with E-state index in [1.807, 2.05) is 24.4 Å². The van der Waals surface area contributed by atoms with Gasteiger partial charge in [0.05, 0.1) is 12.3 Å². The van der Waals surface area contributed by atoms with Crippen LogP contribution in [0.5, 0.6) is 11.5 Å². The van der Waals surface area contributed by atoms with Crippen LogP contribution in [-0.2, 0) is 11.3 Å². The van der Waals surface area contributed by atoms with E-state index in [2.05, 4.69) is 22.1 Å². The number of carbonyl (C=O) groups is 1. The predicted molar refractivity (Wildman–Crippen MR) is 108 cm³/mol. The summed E-state index contributed by atoms with van der Waals surface area (Å²) in [6, 6.07) is 7.23. The molecule has 146 valence electrons. The van der Waals surface area contributed by atoms with Gasteiger partial charge in [-0.2, -0.15) is 0 Å². The van der Waals surface area contributed by atoms with Gasteiger partial charge < -0.3 is 9.47 Å². The van der Waals surface area contributed by atoms with Crippen molar-refractivity contribution in [2.45, 2.75) is 33.2 Å². The second-order valence-electron chi connectivity index (χ2n) is 6.87. The van der Waals surface area contributed by atoms with Gasteiger partial charge in [0.15, 0.2) is 11.7 Å². The Bertz CT molecular complexity index is 732. The third-order valence-electron chi connectivity index (χ3n) is 4.43. The first-order valence-corrected chi connectivity index (χ1v) is 10.3. The van der Waals surface area contributed by atoms with Crippen LogP contribution < -0.4 is 14.8 Å². The fourth-order valence-corrected chi connectivity index (χ4v) is 3.92. The van der Waals surface area contributed by atoms with Gasteiger partial charge in [-0.3, -0.25) is 15.0 Å². The molecule has 1 amide bonds. The summed E-state index contributed by atoms with van der Waals surface area (Å²) in [4.78, 5) is 19.1. The highest BCUT2D eigenvalue weighted by molar-refractivity contribution is 7.13. The van der Waals surface area contributed by atoms with E-state index in [0.717, 1.165) is 37.0 Å². The second-order valence-corrected chi connectivity index (χ2v) is 7.73. The molecular weight excluding hydrogens is 362 g/mol. The zero-order valence-corrected chi connectivity index (χ0v) is 16.8. The molecule has 27 heavy (non-hydrogen) atoms. The normalized spacial score (nSPS) is 17.5. The minimum Gasteiger partial charge on any atom is -0.494 e. The molecule has 1 unspecified atom stereocenters. The van der Waals surface area contributed by atoms with Crippen molar-refractivity contribution in [1.29, 1.82) is 0 Å². The van der Waals surface area contributed by atoms with Crippen molar-refractivity contribution in [1.82, 2.24) is 9.88 Å². The maximum Gasteiger partial charge on any atom is 0.264 e. The molecule has 1 aromatic heterocycles. The highest BCUT2D eigenvalue weighted by Crippen LogP contribution is 2.21. The zero-order valence-electron chi connectivity index (χ0n) is 15.9. The number of thiazole rings is 1. The number of nitrogens with zero attached hydrogens (tertiary/aromatic N) is 2. The molecule has 0 bridgehead atoms. The van der Waals surface area contributed by atoms with Crippen molar-refractivity contribution in [3.05, 3.63) is 35.3 Å². The first-order valence-electron chi connectivity index (χ1n) is 9.44. The number of benzene rings is 1. The van der Waals surface area contributed by atoms with Crippen molar-refractivity contribution in [2.24, 2.45) is 5.92 Å². The molecule has 1 aliphatic rings. The molecule has 1 aliphatic heterocycles. The third-order valence-corrected chi connectivity index (χ3v) is 5.24. The zero-order chi connectivity index (χ0) is 19.1. The SMILES string of the molecule is CCOc1ccc(OCC(=O)Nc2nc(CN3CCCC(C)C3)cs2)cc1. The van der Waals surface area contributed by atoms with Crippen LogP contribution in [0.4, 0.5) is 5.13 Å². The van der Waals surface area contributed by atoms with Crippen molar-refractivity contribution in [3.63, 3.8) is 0 Å². The number of hydrogen-bond donors (Lipinski definition) is 1. The largest absolute Gasteiger partial charge is 0.494 e. The van der Waals surface area contributed by atoms with Crippen LogP contribution in [0, 0.1) is 5.92 Å². The Labute approximate surface area is 164 Å². The number of piperidine rings is 1. The van der Waals surface area contributed by atoms with Crippen LogP contribution in [0.3, 0.4) is 0 Å². The second kappa shape index (κ2) is 9.71. The lowest BCUT2D eigenvalue weighted by molar-refractivity contribution is -0.118. The number of aromatic nitrogens is 1. The molecule has 6 nitrogen and oxygen atoms in total. The highest BCUT2D eigenvalue weighted by Gasteiger charge is 2.17. The standard InChI is InChI=1S/C20H27N3O3S/c1-3-25-17-6-8-18(9-7-17)26-13-19(24)22-20-21-16(14-27-20)12-23-10-4-5-15(2)11-23/h6-9,14-15H,3-5,10-13H2,1-2H3,(H,21,22,24). The van der Waals surface area contributed by atoms with Gasteiger partial charge in [0, 0.05) is 18.5 Å². The number of nitrogens with one attached hydrogen (secondary N) is 1. The maximum absolute atomic E-state index is 12.1. The van der Waals surface area contributed by atoms with Crippen LogP contribution >= 0.6 is 11.3 Å². The third kappa shape index (κ3) is 6.22. The van der Waals surface area contributed by atoms with Gasteiger partial charge in [0.2, 0.25) is 0 Å². The minimum atomic E-state index is -0.212. The van der Waals surface area contributed by atoms with E-state index >= 15 is 0 Å². The summed E-state index contributed by atoms with van der Waals surface area (Å²) >= 11 is 1.45. The molecule has 2 heterocycles. The molecule has 1 aromatic carbocycles. The quantitative estimate of drug-likeness (QED) is 0.744. The first-order chi connectivity index (χ1) is 13.1. The Morgan fingerprint density at radius 2 is 2.04 bits per heavy atom. The van der Waals surface area contributed by atoms with Crippen molar-refractivity contribution >= 4 is 22.4 Å². The molecule has 1 fully saturated rings. The first kappa shape index (κ1) is 19.6. The van der Waals surface area contributed by atoms with Gasteiger partial charge in [-0.25, -0.2) is 4.98 Å². The number of likely N-dealkylation sites (tertiary alicyclic amines) is 1. The molecule has 1 atom stereocenters. The molecule has 1 saturated heterocycles. The van der Waals surface area contributed by atoms with Crippen LogP contribution in [-0.4, -0.2) is 42.1 Å². The lowest BCUT2D eigenvalue weighted by Gasteiger charge is -2.30. The number of anilines is 1. The van der Waals surface area contributed by atoms with Gasteiger partial charge >= 0.3 is 0 Å². The Morgan fingerprint density at radius 1 is 1.30 bits per heavy atom. The number of hydrogen-bond acceptors (Lipinski definition) is 6. The van der Waals surface area contributed by atoms with Crippen LogP contribution in [0.2, 0.25) is 0 Å². The summed E-state index contributed by atoms with van der Waals surface area (Å²) in [6.07, 6.45) is 2.56. The average molecular weight is 390 g/mol. The smallest absolute Gasteiger partial charge is 0.264 e. The lowest BCUT2D eigenvalue weighted by atomic mass is 10.0. The molecule has 0 radical (unpaired) electrons. The highest BCUT2D eigenvalue weighted by atomic mass is 32.1. The Morgan fingerprint density at radius 3 is 2.74 bits per heavy atom. The topological polar surface area (TPSA) is 63.7 Å².